The number of anilines is 1. The molecule has 1 N–H and O–H groups in total. The molecule has 0 saturated carbocycles. The SMILES string of the molecule is O=C(CN1CCc2sccc2[C@H]1c1cccs1)Nc1ccc2c(c1)OCCO2. The second-order valence-electron chi connectivity index (χ2n) is 6.84. The van der Waals surface area contributed by atoms with Gasteiger partial charge in [-0.05, 0) is 47.0 Å². The lowest BCUT2D eigenvalue weighted by Crippen LogP contribution is -2.40. The number of carbonyl (C=O) groups is 1. The largest absolute Gasteiger partial charge is 0.486 e. The van der Waals surface area contributed by atoms with E-state index in [0.29, 0.717) is 25.5 Å². The van der Waals surface area contributed by atoms with Crippen LogP contribution in [0.25, 0.3) is 0 Å². The fraction of sp³-hybridized carbons (Fsp3) is 0.286. The Bertz CT molecular complexity index is 983. The molecule has 2 aliphatic heterocycles. The smallest absolute Gasteiger partial charge is 0.238 e. The number of thiophene rings is 2. The van der Waals surface area contributed by atoms with Crippen LogP contribution in [0.2, 0.25) is 0 Å². The van der Waals surface area contributed by atoms with Crippen molar-refractivity contribution in [1.82, 2.24) is 4.90 Å². The van der Waals surface area contributed by atoms with E-state index in [-0.39, 0.29) is 11.9 Å². The van der Waals surface area contributed by atoms with Crippen molar-refractivity contribution in [1.29, 1.82) is 0 Å². The molecule has 5 rings (SSSR count). The van der Waals surface area contributed by atoms with Gasteiger partial charge >= 0.3 is 0 Å². The van der Waals surface area contributed by atoms with Crippen LogP contribution in [0.3, 0.4) is 0 Å². The third-order valence-electron chi connectivity index (χ3n) is 5.05. The quantitative estimate of drug-likeness (QED) is 0.699. The number of rotatable bonds is 4. The number of fused-ring (bicyclic) bond motifs is 2. The van der Waals surface area contributed by atoms with E-state index in [1.54, 1.807) is 11.3 Å². The van der Waals surface area contributed by atoms with Gasteiger partial charge in [-0.3, -0.25) is 9.69 Å². The number of nitrogens with one attached hydrogen (secondary N) is 1. The highest BCUT2D eigenvalue weighted by Crippen LogP contribution is 2.39. The van der Waals surface area contributed by atoms with Crippen molar-refractivity contribution in [2.24, 2.45) is 0 Å². The topological polar surface area (TPSA) is 50.8 Å². The summed E-state index contributed by atoms with van der Waals surface area (Å²) in [6.07, 6.45) is 0.992. The summed E-state index contributed by atoms with van der Waals surface area (Å²) in [6, 6.07) is 12.1. The molecule has 0 radical (unpaired) electrons. The third kappa shape index (κ3) is 3.41. The number of hydrogen-bond acceptors (Lipinski definition) is 6. The highest BCUT2D eigenvalue weighted by Gasteiger charge is 2.31. The molecule has 0 saturated heterocycles. The molecule has 1 aromatic carbocycles. The second kappa shape index (κ2) is 7.58. The predicted molar refractivity (Wildman–Crippen MR) is 112 cm³/mol. The minimum absolute atomic E-state index is 0.0167. The van der Waals surface area contributed by atoms with Crippen molar-refractivity contribution in [2.75, 3.05) is 31.6 Å². The minimum Gasteiger partial charge on any atom is -0.486 e. The van der Waals surface area contributed by atoms with Crippen LogP contribution < -0.4 is 14.8 Å². The molecule has 5 nitrogen and oxygen atoms in total. The number of amides is 1. The maximum absolute atomic E-state index is 12.8. The van der Waals surface area contributed by atoms with E-state index in [9.17, 15) is 4.79 Å². The summed E-state index contributed by atoms with van der Waals surface area (Å²) in [6.45, 7) is 2.32. The predicted octanol–water partition coefficient (Wildman–Crippen LogP) is 4.17. The third-order valence-corrected chi connectivity index (χ3v) is 6.97. The van der Waals surface area contributed by atoms with Gasteiger partial charge in [-0.25, -0.2) is 0 Å². The van der Waals surface area contributed by atoms with Crippen LogP contribution in [0.1, 0.15) is 21.4 Å². The van der Waals surface area contributed by atoms with Crippen LogP contribution in [0.4, 0.5) is 5.69 Å². The Kier molecular flexibility index (Phi) is 4.80. The standard InChI is InChI=1S/C21H20N2O3S2/c24-20(22-14-3-4-16-17(12-14)26-9-8-25-16)13-23-7-5-18-15(6-11-28-18)21(23)19-2-1-10-27-19/h1-4,6,10-12,21H,5,7-9,13H2,(H,22,24)/t21-/m0/s1. The molecule has 28 heavy (non-hydrogen) atoms. The highest BCUT2D eigenvalue weighted by atomic mass is 32.1. The number of ether oxygens (including phenoxy) is 2. The first kappa shape index (κ1) is 17.7. The summed E-state index contributed by atoms with van der Waals surface area (Å²) in [7, 11) is 0. The zero-order chi connectivity index (χ0) is 18.9. The summed E-state index contributed by atoms with van der Waals surface area (Å²) in [4.78, 5) is 17.8. The summed E-state index contributed by atoms with van der Waals surface area (Å²) in [5.41, 5.74) is 2.07. The van der Waals surface area contributed by atoms with Gasteiger partial charge in [-0.1, -0.05) is 6.07 Å². The van der Waals surface area contributed by atoms with Gasteiger partial charge in [-0.2, -0.15) is 0 Å². The van der Waals surface area contributed by atoms with Gasteiger partial charge in [0.1, 0.15) is 13.2 Å². The molecule has 2 aromatic heterocycles. The van der Waals surface area contributed by atoms with Crippen LogP contribution in [0, 0.1) is 0 Å². The average Bonchev–Trinajstić information content (AvgIpc) is 3.39. The molecular weight excluding hydrogens is 392 g/mol. The number of hydrogen-bond donors (Lipinski definition) is 1. The molecular formula is C21H20N2O3S2. The molecule has 144 valence electrons. The minimum atomic E-state index is -0.0167. The lowest BCUT2D eigenvalue weighted by molar-refractivity contribution is -0.117. The van der Waals surface area contributed by atoms with E-state index in [0.717, 1.165) is 24.4 Å². The van der Waals surface area contributed by atoms with E-state index >= 15 is 0 Å². The zero-order valence-electron chi connectivity index (χ0n) is 15.2. The fourth-order valence-corrected chi connectivity index (χ4v) is 5.60. The summed E-state index contributed by atoms with van der Waals surface area (Å²) in [5.74, 6) is 1.39. The zero-order valence-corrected chi connectivity index (χ0v) is 16.9. The molecule has 3 aromatic rings. The van der Waals surface area contributed by atoms with Gasteiger partial charge in [0.15, 0.2) is 11.5 Å². The molecule has 0 bridgehead atoms. The molecule has 0 spiro atoms. The van der Waals surface area contributed by atoms with E-state index < -0.39 is 0 Å². The molecule has 4 heterocycles. The van der Waals surface area contributed by atoms with E-state index in [2.05, 4.69) is 39.2 Å². The molecule has 0 unspecified atom stereocenters. The van der Waals surface area contributed by atoms with Gasteiger partial charge in [0.2, 0.25) is 5.91 Å². The second-order valence-corrected chi connectivity index (χ2v) is 8.82. The molecule has 7 heteroatoms. The molecule has 0 aliphatic carbocycles. The lowest BCUT2D eigenvalue weighted by Gasteiger charge is -2.34. The maximum Gasteiger partial charge on any atom is 0.238 e. The summed E-state index contributed by atoms with van der Waals surface area (Å²) in [5, 5.41) is 7.27. The molecule has 2 aliphatic rings. The number of nitrogens with zero attached hydrogens (tertiary/aromatic N) is 1. The summed E-state index contributed by atoms with van der Waals surface area (Å²) < 4.78 is 11.1. The average molecular weight is 413 g/mol. The summed E-state index contributed by atoms with van der Waals surface area (Å²) >= 11 is 3.56. The Balaban J connectivity index is 1.33. The van der Waals surface area contributed by atoms with Crippen molar-refractivity contribution in [2.45, 2.75) is 12.5 Å². The Labute approximate surface area is 171 Å². The van der Waals surface area contributed by atoms with Crippen LogP contribution >= 0.6 is 22.7 Å². The van der Waals surface area contributed by atoms with Gasteiger partial charge in [0.25, 0.3) is 0 Å². The van der Waals surface area contributed by atoms with Crippen LogP contribution in [-0.4, -0.2) is 37.1 Å². The fourth-order valence-electron chi connectivity index (χ4n) is 3.82. The number of carbonyl (C=O) groups excluding carboxylic acids is 1. The van der Waals surface area contributed by atoms with E-state index in [1.807, 2.05) is 29.5 Å². The Morgan fingerprint density at radius 1 is 1.11 bits per heavy atom. The van der Waals surface area contributed by atoms with Crippen molar-refractivity contribution in [3.63, 3.8) is 0 Å². The first-order valence-electron chi connectivity index (χ1n) is 9.31. The van der Waals surface area contributed by atoms with Gasteiger partial charge in [0, 0.05) is 28.1 Å². The van der Waals surface area contributed by atoms with Gasteiger partial charge < -0.3 is 14.8 Å². The Morgan fingerprint density at radius 3 is 2.86 bits per heavy atom. The lowest BCUT2D eigenvalue weighted by atomic mass is 9.98. The number of benzene rings is 1. The highest BCUT2D eigenvalue weighted by molar-refractivity contribution is 7.10. The molecule has 1 amide bonds. The van der Waals surface area contributed by atoms with Crippen LogP contribution in [0.15, 0.2) is 47.2 Å². The maximum atomic E-state index is 12.8. The molecule has 1 atom stereocenters. The first-order valence-corrected chi connectivity index (χ1v) is 11.1. The van der Waals surface area contributed by atoms with Gasteiger partial charge in [-0.15, -0.1) is 22.7 Å². The van der Waals surface area contributed by atoms with Crippen LogP contribution in [0.5, 0.6) is 11.5 Å². The van der Waals surface area contributed by atoms with Crippen molar-refractivity contribution in [3.05, 3.63) is 62.5 Å². The monoisotopic (exact) mass is 412 g/mol. The van der Waals surface area contributed by atoms with Crippen LogP contribution in [-0.2, 0) is 11.2 Å². The van der Waals surface area contributed by atoms with Crippen molar-refractivity contribution < 1.29 is 14.3 Å². The Morgan fingerprint density at radius 2 is 2.00 bits per heavy atom. The van der Waals surface area contributed by atoms with E-state index in [1.165, 1.54) is 15.3 Å². The van der Waals surface area contributed by atoms with Crippen molar-refractivity contribution >= 4 is 34.3 Å². The molecule has 0 fully saturated rings. The van der Waals surface area contributed by atoms with Gasteiger partial charge in [0.05, 0.1) is 12.6 Å². The first-order chi connectivity index (χ1) is 13.8. The van der Waals surface area contributed by atoms with E-state index in [4.69, 9.17) is 9.47 Å². The normalized spacial score (nSPS) is 18.5. The van der Waals surface area contributed by atoms with Crippen molar-refractivity contribution in [3.8, 4) is 11.5 Å². The Hall–Kier alpha value is -2.35.